The van der Waals surface area contributed by atoms with Crippen molar-refractivity contribution in [1.82, 2.24) is 0 Å². The first-order valence-corrected chi connectivity index (χ1v) is 16.7. The van der Waals surface area contributed by atoms with Crippen LogP contribution in [0, 0.1) is 0 Å². The quantitative estimate of drug-likeness (QED) is 0.405. The van der Waals surface area contributed by atoms with Crippen LogP contribution in [0.3, 0.4) is 0 Å². The first-order chi connectivity index (χ1) is 9.33. The topological polar surface area (TPSA) is 0 Å². The van der Waals surface area contributed by atoms with Gasteiger partial charge in [-0.2, -0.15) is 0 Å². The van der Waals surface area contributed by atoms with E-state index in [2.05, 4.69) is 50.3 Å². The van der Waals surface area contributed by atoms with Crippen LogP contribution in [0.4, 0.5) is 0 Å². The second kappa shape index (κ2) is 7.57. The van der Waals surface area contributed by atoms with Crippen LogP contribution in [0.1, 0.15) is 52.4 Å². The van der Waals surface area contributed by atoms with E-state index < -0.39 is 20.0 Å². The summed E-state index contributed by atoms with van der Waals surface area (Å²) in [5.41, 5.74) is 0. The molecule has 0 nitrogen and oxygen atoms in total. The normalized spacial score (nSPS) is 18.0. The molecule has 0 bridgehead atoms. The van der Waals surface area contributed by atoms with Crippen LogP contribution in [0.25, 0.3) is 0 Å². The van der Waals surface area contributed by atoms with Gasteiger partial charge < -0.3 is 0 Å². The number of rotatable bonds is 8. The Balaban J connectivity index is 2.25. The van der Waals surface area contributed by atoms with E-state index in [0.717, 1.165) is 0 Å². The number of hydrogen-bond acceptors (Lipinski definition) is 0. The van der Waals surface area contributed by atoms with Crippen molar-refractivity contribution in [3.8, 4) is 0 Å². The Morgan fingerprint density at radius 1 is 0.842 bits per heavy atom. The van der Waals surface area contributed by atoms with Gasteiger partial charge in [0.15, 0.2) is 0 Å². The molecular formula is C18H28Hf. The van der Waals surface area contributed by atoms with Crippen molar-refractivity contribution in [3.05, 3.63) is 43.1 Å². The number of unbranched alkanes of at least 4 members (excludes halogenated alkanes) is 2. The van der Waals surface area contributed by atoms with Crippen molar-refractivity contribution in [3.63, 3.8) is 0 Å². The van der Waals surface area contributed by atoms with Gasteiger partial charge in [0.05, 0.1) is 0 Å². The Morgan fingerprint density at radius 2 is 1.32 bits per heavy atom. The van der Waals surface area contributed by atoms with Crippen molar-refractivity contribution in [1.29, 1.82) is 0 Å². The maximum atomic E-state index is 2.49. The van der Waals surface area contributed by atoms with Gasteiger partial charge in [0.2, 0.25) is 0 Å². The summed E-state index contributed by atoms with van der Waals surface area (Å²) in [6, 6.07) is 0. The summed E-state index contributed by atoms with van der Waals surface area (Å²) in [7, 11) is 0. The number of allylic oxidation sites excluding steroid dienone is 8. The molecule has 0 amide bonds. The molecule has 2 aliphatic carbocycles. The Hall–Kier alpha value is -0.170. The molecule has 0 aromatic rings. The third kappa shape index (κ3) is 3.48. The van der Waals surface area contributed by atoms with Gasteiger partial charge in [-0.05, 0) is 0 Å². The van der Waals surface area contributed by atoms with E-state index in [1.54, 1.807) is 8.35 Å². The Kier molecular flexibility index (Phi) is 6.07. The maximum absolute atomic E-state index is 2.49. The minimum absolute atomic E-state index is 1.27. The van der Waals surface area contributed by atoms with E-state index >= 15 is 0 Å². The standard InChI is InChI=1S/2C5H5.2C4H9.Hf/c2*1-2-4-5-3-1;2*1-3-4-2;/h2*1-3H,4H2;2*1,3-4H2,2H3;. The van der Waals surface area contributed by atoms with Crippen LogP contribution in [-0.4, -0.2) is 0 Å². The van der Waals surface area contributed by atoms with Gasteiger partial charge in [0, 0.05) is 0 Å². The molecule has 0 unspecified atom stereocenters. The molecule has 2 aliphatic rings. The molecule has 1 heteroatoms. The monoisotopic (exact) mass is 424 g/mol. The van der Waals surface area contributed by atoms with Crippen LogP contribution in [0.15, 0.2) is 43.1 Å². The zero-order valence-electron chi connectivity index (χ0n) is 12.6. The summed E-state index contributed by atoms with van der Waals surface area (Å²) in [4.78, 5) is 0. The summed E-state index contributed by atoms with van der Waals surface area (Å²) >= 11 is -2.41. The molecule has 0 atom stereocenters. The van der Waals surface area contributed by atoms with E-state index in [-0.39, 0.29) is 0 Å². The zero-order chi connectivity index (χ0) is 13.6. The van der Waals surface area contributed by atoms with E-state index in [4.69, 9.17) is 0 Å². The van der Waals surface area contributed by atoms with Gasteiger partial charge in [0.25, 0.3) is 0 Å². The SMILES string of the molecule is CCC[CH2][Hf]([CH2]CCC)([C]1=CC=CC1)[C]1=CC=CC1. The molecule has 104 valence electrons. The second-order valence-corrected chi connectivity index (χ2v) is 21.9. The molecule has 0 N–H and O–H groups in total. The van der Waals surface area contributed by atoms with Crippen LogP contribution in [0.5, 0.6) is 0 Å². The first kappa shape index (κ1) is 15.2. The van der Waals surface area contributed by atoms with Gasteiger partial charge in [0.1, 0.15) is 0 Å². The molecule has 0 aromatic carbocycles. The Labute approximate surface area is 123 Å². The molecule has 2 rings (SSSR count). The average Bonchev–Trinajstić information content (AvgIpc) is 3.12. The van der Waals surface area contributed by atoms with Gasteiger partial charge in [-0.15, -0.1) is 0 Å². The summed E-state index contributed by atoms with van der Waals surface area (Å²) in [6.07, 6.45) is 22.5. The average molecular weight is 423 g/mol. The molecule has 0 aromatic heterocycles. The molecule has 0 saturated heterocycles. The van der Waals surface area contributed by atoms with Crippen LogP contribution >= 0.6 is 0 Å². The second-order valence-electron chi connectivity index (χ2n) is 5.94. The van der Waals surface area contributed by atoms with Gasteiger partial charge in [-0.1, -0.05) is 0 Å². The molecule has 0 spiro atoms. The molecule has 0 heterocycles. The molecular weight excluding hydrogens is 395 g/mol. The van der Waals surface area contributed by atoms with E-state index in [1.807, 2.05) is 6.66 Å². The third-order valence-corrected chi connectivity index (χ3v) is 24.9. The van der Waals surface area contributed by atoms with Crippen molar-refractivity contribution < 1.29 is 20.0 Å². The zero-order valence-corrected chi connectivity index (χ0v) is 16.2. The van der Waals surface area contributed by atoms with Crippen LogP contribution in [-0.2, 0) is 20.0 Å². The summed E-state index contributed by atoms with van der Waals surface area (Å²) in [6.45, 7) is 4.70. The number of hydrogen-bond donors (Lipinski definition) is 0. The van der Waals surface area contributed by atoms with E-state index in [9.17, 15) is 0 Å². The van der Waals surface area contributed by atoms with Gasteiger partial charge in [-0.25, -0.2) is 0 Å². The summed E-state index contributed by atoms with van der Waals surface area (Å²) in [5.74, 6) is 0. The summed E-state index contributed by atoms with van der Waals surface area (Å²) < 4.78 is 6.91. The first-order valence-electron chi connectivity index (χ1n) is 8.06. The van der Waals surface area contributed by atoms with Crippen molar-refractivity contribution in [2.45, 2.75) is 60.7 Å². The molecule has 0 radical (unpaired) electrons. The molecule has 19 heavy (non-hydrogen) atoms. The summed E-state index contributed by atoms with van der Waals surface area (Å²) in [5, 5.41) is 0. The van der Waals surface area contributed by atoms with Gasteiger partial charge >= 0.3 is 124 Å². The molecule has 0 fully saturated rings. The van der Waals surface area contributed by atoms with Gasteiger partial charge in [-0.3, -0.25) is 0 Å². The molecule has 0 saturated carbocycles. The fourth-order valence-corrected chi connectivity index (χ4v) is 24.0. The van der Waals surface area contributed by atoms with Crippen molar-refractivity contribution in [2.24, 2.45) is 0 Å². The van der Waals surface area contributed by atoms with Crippen LogP contribution < -0.4 is 0 Å². The van der Waals surface area contributed by atoms with Crippen molar-refractivity contribution in [2.75, 3.05) is 0 Å². The fraction of sp³-hybridized carbons (Fsp3) is 0.556. The minimum atomic E-state index is -2.41. The Bertz CT molecular complexity index is 369. The predicted octanol–water partition coefficient (Wildman–Crippen LogP) is 6.26. The van der Waals surface area contributed by atoms with Crippen molar-refractivity contribution >= 4 is 0 Å². The van der Waals surface area contributed by atoms with E-state index in [1.165, 1.54) is 38.5 Å². The third-order valence-electron chi connectivity index (χ3n) is 4.69. The predicted molar refractivity (Wildman–Crippen MR) is 83.1 cm³/mol. The molecule has 0 aliphatic heterocycles. The van der Waals surface area contributed by atoms with Crippen LogP contribution in [0.2, 0.25) is 8.35 Å². The Morgan fingerprint density at radius 3 is 1.63 bits per heavy atom. The fourth-order valence-electron chi connectivity index (χ4n) is 3.53. The van der Waals surface area contributed by atoms with E-state index in [0.29, 0.717) is 0 Å².